The SMILES string of the molecule is CCn1c(SCC(=O)O)nnc1-c1c[nH]c2ccccc12. The van der Waals surface area contributed by atoms with E-state index in [2.05, 4.69) is 15.2 Å². The van der Waals surface area contributed by atoms with Crippen molar-refractivity contribution in [2.24, 2.45) is 0 Å². The zero-order valence-corrected chi connectivity index (χ0v) is 12.2. The second-order valence-corrected chi connectivity index (χ2v) is 5.42. The van der Waals surface area contributed by atoms with Gasteiger partial charge in [0.2, 0.25) is 0 Å². The summed E-state index contributed by atoms with van der Waals surface area (Å²) in [5.41, 5.74) is 2.01. The predicted molar refractivity (Wildman–Crippen MR) is 81.3 cm³/mol. The van der Waals surface area contributed by atoms with E-state index in [0.29, 0.717) is 11.7 Å². The molecule has 2 N–H and O–H groups in total. The minimum absolute atomic E-state index is 0.0218. The first-order valence-corrected chi connectivity index (χ1v) is 7.53. The summed E-state index contributed by atoms with van der Waals surface area (Å²) < 4.78 is 1.93. The molecule has 0 saturated carbocycles. The van der Waals surface area contributed by atoms with Crippen molar-refractivity contribution in [2.75, 3.05) is 5.75 Å². The second-order valence-electron chi connectivity index (χ2n) is 4.48. The molecule has 21 heavy (non-hydrogen) atoms. The van der Waals surface area contributed by atoms with E-state index in [4.69, 9.17) is 5.11 Å². The molecule has 2 aromatic heterocycles. The van der Waals surface area contributed by atoms with Gasteiger partial charge in [0, 0.05) is 29.2 Å². The van der Waals surface area contributed by atoms with Gasteiger partial charge < -0.3 is 14.7 Å². The molecule has 0 bridgehead atoms. The Labute approximate surface area is 125 Å². The number of hydrogen-bond donors (Lipinski definition) is 2. The van der Waals surface area contributed by atoms with Crippen molar-refractivity contribution in [3.63, 3.8) is 0 Å². The first-order chi connectivity index (χ1) is 10.2. The lowest BCUT2D eigenvalue weighted by molar-refractivity contribution is -0.133. The molecule has 0 radical (unpaired) electrons. The van der Waals surface area contributed by atoms with Gasteiger partial charge in [-0.15, -0.1) is 10.2 Å². The Kier molecular flexibility index (Phi) is 3.66. The van der Waals surface area contributed by atoms with E-state index in [0.717, 1.165) is 22.3 Å². The number of benzene rings is 1. The maximum Gasteiger partial charge on any atom is 0.313 e. The maximum absolute atomic E-state index is 10.7. The predicted octanol–water partition coefficient (Wildman–Crippen LogP) is 2.62. The van der Waals surface area contributed by atoms with Gasteiger partial charge in [-0.2, -0.15) is 0 Å². The standard InChI is InChI=1S/C14H14N4O2S/c1-2-18-13(16-17-14(18)21-8-12(19)20)10-7-15-11-6-4-3-5-9(10)11/h3-7,15H,2,8H2,1H3,(H,19,20). The van der Waals surface area contributed by atoms with E-state index >= 15 is 0 Å². The molecule has 6 nitrogen and oxygen atoms in total. The summed E-state index contributed by atoms with van der Waals surface area (Å²) in [5, 5.41) is 18.8. The van der Waals surface area contributed by atoms with Crippen molar-refractivity contribution < 1.29 is 9.90 Å². The Bertz CT molecular complexity index is 793. The van der Waals surface area contributed by atoms with Gasteiger partial charge in [-0.05, 0) is 13.0 Å². The third kappa shape index (κ3) is 2.52. The minimum Gasteiger partial charge on any atom is -0.481 e. The van der Waals surface area contributed by atoms with Gasteiger partial charge in [-0.25, -0.2) is 0 Å². The summed E-state index contributed by atoms with van der Waals surface area (Å²) in [6.45, 7) is 2.68. The van der Waals surface area contributed by atoms with Gasteiger partial charge in [0.05, 0.1) is 5.75 Å². The van der Waals surface area contributed by atoms with Crippen LogP contribution in [0.4, 0.5) is 0 Å². The largest absolute Gasteiger partial charge is 0.481 e. The highest BCUT2D eigenvalue weighted by atomic mass is 32.2. The Morgan fingerprint density at radius 3 is 2.95 bits per heavy atom. The molecule has 0 saturated heterocycles. The van der Waals surface area contributed by atoms with Crippen LogP contribution in [0, 0.1) is 0 Å². The summed E-state index contributed by atoms with van der Waals surface area (Å²) in [6.07, 6.45) is 1.91. The van der Waals surface area contributed by atoms with Gasteiger partial charge in [0.1, 0.15) is 0 Å². The number of carboxylic acids is 1. The quantitative estimate of drug-likeness (QED) is 0.708. The normalized spacial score (nSPS) is 11.1. The van der Waals surface area contributed by atoms with Crippen LogP contribution in [0.25, 0.3) is 22.3 Å². The van der Waals surface area contributed by atoms with E-state index in [1.165, 1.54) is 11.8 Å². The van der Waals surface area contributed by atoms with Crippen LogP contribution in [0.3, 0.4) is 0 Å². The number of aliphatic carboxylic acids is 1. The Morgan fingerprint density at radius 1 is 1.38 bits per heavy atom. The monoisotopic (exact) mass is 302 g/mol. The summed E-state index contributed by atoms with van der Waals surface area (Å²) in [6, 6.07) is 7.99. The van der Waals surface area contributed by atoms with Gasteiger partial charge in [-0.1, -0.05) is 30.0 Å². The summed E-state index contributed by atoms with van der Waals surface area (Å²) in [7, 11) is 0. The molecule has 0 spiro atoms. The Morgan fingerprint density at radius 2 is 2.19 bits per heavy atom. The number of hydrogen-bond acceptors (Lipinski definition) is 4. The van der Waals surface area contributed by atoms with Crippen LogP contribution < -0.4 is 0 Å². The number of H-pyrrole nitrogens is 1. The van der Waals surface area contributed by atoms with Gasteiger partial charge in [0.15, 0.2) is 11.0 Å². The molecular formula is C14H14N4O2S. The lowest BCUT2D eigenvalue weighted by atomic mass is 10.1. The van der Waals surface area contributed by atoms with Gasteiger partial charge in [-0.3, -0.25) is 4.79 Å². The minimum atomic E-state index is -0.862. The van der Waals surface area contributed by atoms with Crippen LogP contribution in [-0.2, 0) is 11.3 Å². The molecule has 0 atom stereocenters. The second kappa shape index (κ2) is 5.61. The number of para-hydroxylation sites is 1. The molecule has 0 aliphatic carbocycles. The molecule has 0 fully saturated rings. The van der Waals surface area contributed by atoms with Crippen LogP contribution in [0.5, 0.6) is 0 Å². The number of carboxylic acid groups (broad SMARTS) is 1. The van der Waals surface area contributed by atoms with Crippen molar-refractivity contribution in [2.45, 2.75) is 18.6 Å². The topological polar surface area (TPSA) is 83.8 Å². The zero-order chi connectivity index (χ0) is 14.8. The highest BCUT2D eigenvalue weighted by Gasteiger charge is 2.16. The average molecular weight is 302 g/mol. The maximum atomic E-state index is 10.7. The van der Waals surface area contributed by atoms with Crippen LogP contribution in [-0.4, -0.2) is 36.6 Å². The molecule has 3 aromatic rings. The van der Waals surface area contributed by atoms with E-state index < -0.39 is 5.97 Å². The number of aromatic amines is 1. The van der Waals surface area contributed by atoms with Crippen LogP contribution in [0.15, 0.2) is 35.6 Å². The van der Waals surface area contributed by atoms with Crippen LogP contribution in [0.1, 0.15) is 6.92 Å². The fourth-order valence-electron chi connectivity index (χ4n) is 2.26. The molecule has 0 aliphatic rings. The number of rotatable bonds is 5. The van der Waals surface area contributed by atoms with E-state index in [-0.39, 0.29) is 5.75 Å². The van der Waals surface area contributed by atoms with Crippen molar-refractivity contribution >= 4 is 28.6 Å². The highest BCUT2D eigenvalue weighted by Crippen LogP contribution is 2.29. The van der Waals surface area contributed by atoms with Crippen LogP contribution in [0.2, 0.25) is 0 Å². The number of thioether (sulfide) groups is 1. The molecule has 2 heterocycles. The number of nitrogens with zero attached hydrogens (tertiary/aromatic N) is 3. The van der Waals surface area contributed by atoms with E-state index in [1.807, 2.05) is 42.0 Å². The third-order valence-corrected chi connectivity index (χ3v) is 4.14. The summed E-state index contributed by atoms with van der Waals surface area (Å²) in [4.78, 5) is 13.9. The molecule has 0 amide bonds. The zero-order valence-electron chi connectivity index (χ0n) is 11.4. The average Bonchev–Trinajstić information content (AvgIpc) is 3.08. The van der Waals surface area contributed by atoms with Crippen LogP contribution >= 0.6 is 11.8 Å². The van der Waals surface area contributed by atoms with E-state index in [9.17, 15) is 4.79 Å². The Hall–Kier alpha value is -2.28. The third-order valence-electron chi connectivity index (χ3n) is 3.19. The first-order valence-electron chi connectivity index (χ1n) is 6.55. The summed E-state index contributed by atoms with van der Waals surface area (Å²) >= 11 is 1.18. The molecule has 7 heteroatoms. The smallest absolute Gasteiger partial charge is 0.313 e. The number of nitrogens with one attached hydrogen (secondary N) is 1. The molecule has 108 valence electrons. The van der Waals surface area contributed by atoms with Crippen molar-refractivity contribution in [1.82, 2.24) is 19.7 Å². The molecule has 0 unspecified atom stereocenters. The van der Waals surface area contributed by atoms with Crippen molar-refractivity contribution in [1.29, 1.82) is 0 Å². The number of fused-ring (bicyclic) bond motifs is 1. The van der Waals surface area contributed by atoms with Gasteiger partial charge >= 0.3 is 5.97 Å². The summed E-state index contributed by atoms with van der Waals surface area (Å²) in [5.74, 6) is -0.131. The molecular weight excluding hydrogens is 288 g/mol. The fourth-order valence-corrected chi connectivity index (χ4v) is 2.99. The van der Waals surface area contributed by atoms with E-state index in [1.54, 1.807) is 0 Å². The first kappa shape index (κ1) is 13.7. The Balaban J connectivity index is 2.04. The lowest BCUT2D eigenvalue weighted by Gasteiger charge is -2.05. The van der Waals surface area contributed by atoms with Crippen molar-refractivity contribution in [3.05, 3.63) is 30.5 Å². The molecule has 0 aliphatic heterocycles. The lowest BCUT2D eigenvalue weighted by Crippen LogP contribution is -2.03. The number of carbonyl (C=O) groups is 1. The molecule has 3 rings (SSSR count). The fraction of sp³-hybridized carbons (Fsp3) is 0.214. The van der Waals surface area contributed by atoms with Gasteiger partial charge in [0.25, 0.3) is 0 Å². The van der Waals surface area contributed by atoms with Crippen molar-refractivity contribution in [3.8, 4) is 11.4 Å². The highest BCUT2D eigenvalue weighted by molar-refractivity contribution is 7.99. The molecule has 1 aromatic carbocycles. The number of aromatic nitrogens is 4.